The number of fused-ring (bicyclic) bond motifs is 1. The van der Waals surface area contributed by atoms with Crippen molar-refractivity contribution in [3.63, 3.8) is 0 Å². The lowest BCUT2D eigenvalue weighted by molar-refractivity contribution is 0.0946. The molecule has 0 saturated heterocycles. The summed E-state index contributed by atoms with van der Waals surface area (Å²) in [5.74, 6) is 0.299. The summed E-state index contributed by atoms with van der Waals surface area (Å²) in [6.45, 7) is 3.18. The number of hydrogen-bond donors (Lipinski definition) is 2. The molecule has 0 radical (unpaired) electrons. The lowest BCUT2D eigenvalue weighted by Gasteiger charge is -2.09. The molecule has 3 heterocycles. The zero-order valence-electron chi connectivity index (χ0n) is 19.5. The normalized spacial score (nSPS) is 11.0. The highest BCUT2D eigenvalue weighted by molar-refractivity contribution is 5.93. The number of nitrogens with two attached hydrogens (primary N) is 1. The van der Waals surface area contributed by atoms with Gasteiger partial charge in [0.05, 0.1) is 12.7 Å². The summed E-state index contributed by atoms with van der Waals surface area (Å²) < 4.78 is 1.93. The zero-order valence-corrected chi connectivity index (χ0v) is 19.5. The number of rotatable bonds is 7. The van der Waals surface area contributed by atoms with Crippen molar-refractivity contribution in [1.29, 1.82) is 0 Å². The maximum absolute atomic E-state index is 12.7. The first-order valence-corrected chi connectivity index (χ1v) is 11.5. The summed E-state index contributed by atoms with van der Waals surface area (Å²) in [5, 5.41) is 9.20. The number of aryl methyl sites for hydroxylation is 1. The van der Waals surface area contributed by atoms with Gasteiger partial charge in [0, 0.05) is 30.5 Å². The van der Waals surface area contributed by atoms with Crippen LogP contribution in [0.1, 0.15) is 38.3 Å². The third kappa shape index (κ3) is 5.35. The van der Waals surface area contributed by atoms with Gasteiger partial charge in [-0.15, -0.1) is 0 Å². The average Bonchev–Trinajstić information content (AvgIpc) is 3.28. The van der Waals surface area contributed by atoms with E-state index in [1.807, 2.05) is 60.4 Å². The van der Waals surface area contributed by atoms with Gasteiger partial charge in [-0.3, -0.25) is 14.5 Å². The number of aromatic nitrogens is 4. The van der Waals surface area contributed by atoms with E-state index in [9.17, 15) is 4.79 Å². The van der Waals surface area contributed by atoms with Crippen LogP contribution in [0.15, 0.2) is 85.5 Å². The van der Waals surface area contributed by atoms with E-state index in [0.29, 0.717) is 18.1 Å². The van der Waals surface area contributed by atoms with E-state index in [0.717, 1.165) is 40.4 Å². The Kier molecular flexibility index (Phi) is 6.22. The van der Waals surface area contributed by atoms with Gasteiger partial charge in [-0.2, -0.15) is 5.10 Å². The van der Waals surface area contributed by atoms with Crippen LogP contribution in [-0.2, 0) is 19.5 Å². The zero-order chi connectivity index (χ0) is 24.2. The van der Waals surface area contributed by atoms with Crippen LogP contribution in [0.4, 0.5) is 5.82 Å². The van der Waals surface area contributed by atoms with Crippen LogP contribution in [0.25, 0.3) is 10.8 Å². The highest BCUT2D eigenvalue weighted by Crippen LogP contribution is 2.20. The molecule has 0 unspecified atom stereocenters. The standard InChI is InChI=1S/C28H26N6O/c1-19-15-33-34(17-19)18-21-4-2-20(3-5-21)12-22-8-10-30-26(14-22)28(35)32-16-23-6-7-25-24(13-23)9-11-31-27(25)29/h2-11,13-15,17H,12,16,18H2,1H3,(H2,29,31)(H,32,35). The SMILES string of the molecule is Cc1cnn(Cc2ccc(Cc3ccnc(C(=O)NCc4ccc5c(N)nccc5c4)c3)cc2)c1. The van der Waals surface area contributed by atoms with Crippen molar-refractivity contribution in [3.8, 4) is 0 Å². The van der Waals surface area contributed by atoms with Crippen molar-refractivity contribution >= 4 is 22.5 Å². The second-order valence-electron chi connectivity index (χ2n) is 8.69. The van der Waals surface area contributed by atoms with Crippen molar-refractivity contribution in [3.05, 3.63) is 119 Å². The molecule has 0 atom stereocenters. The van der Waals surface area contributed by atoms with Crippen LogP contribution in [0, 0.1) is 6.92 Å². The molecule has 7 nitrogen and oxygen atoms in total. The largest absolute Gasteiger partial charge is 0.383 e. The van der Waals surface area contributed by atoms with Gasteiger partial charge < -0.3 is 11.1 Å². The molecule has 0 aliphatic rings. The highest BCUT2D eigenvalue weighted by atomic mass is 16.1. The number of hydrogen-bond acceptors (Lipinski definition) is 5. The molecule has 35 heavy (non-hydrogen) atoms. The van der Waals surface area contributed by atoms with Gasteiger partial charge in [-0.1, -0.05) is 36.4 Å². The molecule has 7 heteroatoms. The number of benzene rings is 2. The van der Waals surface area contributed by atoms with Gasteiger partial charge in [-0.05, 0) is 70.8 Å². The van der Waals surface area contributed by atoms with Crippen LogP contribution in [0.5, 0.6) is 0 Å². The molecule has 5 rings (SSSR count). The fraction of sp³-hybridized carbons (Fsp3) is 0.143. The first-order chi connectivity index (χ1) is 17.0. The van der Waals surface area contributed by atoms with Gasteiger partial charge in [0.2, 0.25) is 0 Å². The minimum absolute atomic E-state index is 0.203. The average molecular weight is 463 g/mol. The fourth-order valence-electron chi connectivity index (χ4n) is 4.08. The molecule has 0 aliphatic heterocycles. The van der Waals surface area contributed by atoms with Crippen molar-refractivity contribution < 1.29 is 4.79 Å². The van der Waals surface area contributed by atoms with Gasteiger partial charge in [0.15, 0.2) is 0 Å². The third-order valence-corrected chi connectivity index (χ3v) is 5.91. The highest BCUT2D eigenvalue weighted by Gasteiger charge is 2.09. The molecule has 1 amide bonds. The number of nitrogen functional groups attached to an aromatic ring is 1. The quantitative estimate of drug-likeness (QED) is 0.376. The maximum Gasteiger partial charge on any atom is 0.270 e. The predicted molar refractivity (Wildman–Crippen MR) is 137 cm³/mol. The Hall–Kier alpha value is -4.52. The number of amides is 1. The van der Waals surface area contributed by atoms with Crippen molar-refractivity contribution in [2.45, 2.75) is 26.4 Å². The van der Waals surface area contributed by atoms with E-state index in [1.54, 1.807) is 12.4 Å². The second-order valence-corrected chi connectivity index (χ2v) is 8.69. The number of anilines is 1. The van der Waals surface area contributed by atoms with E-state index in [4.69, 9.17) is 5.73 Å². The van der Waals surface area contributed by atoms with E-state index >= 15 is 0 Å². The summed E-state index contributed by atoms with van der Waals surface area (Å²) in [6, 6.07) is 20.1. The molecule has 5 aromatic rings. The van der Waals surface area contributed by atoms with E-state index in [2.05, 4.69) is 44.6 Å². The number of carbonyl (C=O) groups excluding carboxylic acids is 1. The molecule has 0 saturated carbocycles. The third-order valence-electron chi connectivity index (χ3n) is 5.91. The molecular formula is C28H26N6O. The second kappa shape index (κ2) is 9.77. The Bertz CT molecular complexity index is 1490. The van der Waals surface area contributed by atoms with E-state index in [1.165, 1.54) is 11.1 Å². The first kappa shape index (κ1) is 22.3. The van der Waals surface area contributed by atoms with E-state index < -0.39 is 0 Å². The van der Waals surface area contributed by atoms with E-state index in [-0.39, 0.29) is 5.91 Å². The summed E-state index contributed by atoms with van der Waals surface area (Å²) >= 11 is 0. The molecule has 0 fully saturated rings. The van der Waals surface area contributed by atoms with Crippen LogP contribution >= 0.6 is 0 Å². The Balaban J connectivity index is 1.21. The van der Waals surface area contributed by atoms with Crippen LogP contribution in [0.3, 0.4) is 0 Å². The summed E-state index contributed by atoms with van der Waals surface area (Å²) in [7, 11) is 0. The Labute approximate surface area is 203 Å². The Morgan fingerprint density at radius 1 is 0.914 bits per heavy atom. The van der Waals surface area contributed by atoms with Crippen LogP contribution in [0.2, 0.25) is 0 Å². The minimum Gasteiger partial charge on any atom is -0.383 e. The van der Waals surface area contributed by atoms with Gasteiger partial charge in [0.25, 0.3) is 5.91 Å². The van der Waals surface area contributed by atoms with Crippen LogP contribution in [-0.4, -0.2) is 25.7 Å². The van der Waals surface area contributed by atoms with Crippen LogP contribution < -0.4 is 11.1 Å². The number of pyridine rings is 2. The molecule has 0 bridgehead atoms. The molecule has 174 valence electrons. The minimum atomic E-state index is -0.203. The summed E-state index contributed by atoms with van der Waals surface area (Å²) in [6.07, 6.45) is 7.99. The van der Waals surface area contributed by atoms with Crippen molar-refractivity contribution in [1.82, 2.24) is 25.1 Å². The Morgan fingerprint density at radius 2 is 1.69 bits per heavy atom. The number of nitrogens with one attached hydrogen (secondary N) is 1. The van der Waals surface area contributed by atoms with Gasteiger partial charge in [0.1, 0.15) is 11.5 Å². The molecule has 3 N–H and O–H groups in total. The first-order valence-electron chi connectivity index (χ1n) is 11.5. The molecule has 2 aromatic carbocycles. The fourth-order valence-corrected chi connectivity index (χ4v) is 4.08. The molecule has 0 aliphatic carbocycles. The monoisotopic (exact) mass is 462 g/mol. The molecule has 0 spiro atoms. The summed E-state index contributed by atoms with van der Waals surface area (Å²) in [4.78, 5) is 21.1. The summed E-state index contributed by atoms with van der Waals surface area (Å²) in [5.41, 5.74) is 11.9. The number of carbonyl (C=O) groups is 1. The maximum atomic E-state index is 12.7. The van der Waals surface area contributed by atoms with Crippen molar-refractivity contribution in [2.24, 2.45) is 0 Å². The van der Waals surface area contributed by atoms with Crippen molar-refractivity contribution in [2.75, 3.05) is 5.73 Å². The van der Waals surface area contributed by atoms with Gasteiger partial charge >= 0.3 is 0 Å². The molecule has 3 aromatic heterocycles. The van der Waals surface area contributed by atoms with Gasteiger partial charge in [-0.25, -0.2) is 4.98 Å². The smallest absolute Gasteiger partial charge is 0.270 e. The topological polar surface area (TPSA) is 98.7 Å². The predicted octanol–water partition coefficient (Wildman–Crippen LogP) is 4.29. The molecular weight excluding hydrogens is 436 g/mol. The lowest BCUT2D eigenvalue weighted by atomic mass is 10.0. The Morgan fingerprint density at radius 3 is 2.49 bits per heavy atom. The number of nitrogens with zero attached hydrogens (tertiary/aromatic N) is 4. The lowest BCUT2D eigenvalue weighted by Crippen LogP contribution is -2.23.